The van der Waals surface area contributed by atoms with Crippen LogP contribution < -0.4 is 4.74 Å². The van der Waals surface area contributed by atoms with Gasteiger partial charge in [0, 0.05) is 0 Å². The molecule has 2 heteroatoms. The van der Waals surface area contributed by atoms with Gasteiger partial charge in [-0.15, -0.1) is 0 Å². The number of rotatable bonds is 4. The van der Waals surface area contributed by atoms with Crippen LogP contribution in [0.5, 0.6) is 5.75 Å². The van der Waals surface area contributed by atoms with Gasteiger partial charge >= 0.3 is 0 Å². The normalized spacial score (nSPS) is 12.7. The van der Waals surface area contributed by atoms with Gasteiger partial charge in [0.15, 0.2) is 0 Å². The minimum absolute atomic E-state index is 0.750. The molecule has 1 aliphatic heterocycles. The van der Waals surface area contributed by atoms with Crippen LogP contribution in [0.2, 0.25) is 0 Å². The second kappa shape index (κ2) is 10.6. The summed E-state index contributed by atoms with van der Waals surface area (Å²) < 4.78 is 5.73. The highest BCUT2D eigenvalue weighted by atomic mass is 16.5. The lowest BCUT2D eigenvalue weighted by atomic mass is 9.95. The Hall–Kier alpha value is -3.39. The molecule has 158 valence electrons. The van der Waals surface area contributed by atoms with Crippen molar-refractivity contribution in [2.45, 2.75) is 33.6 Å². The van der Waals surface area contributed by atoms with Crippen LogP contribution in [0.25, 0.3) is 22.3 Å². The van der Waals surface area contributed by atoms with E-state index < -0.39 is 0 Å². The quantitative estimate of drug-likeness (QED) is 0.333. The van der Waals surface area contributed by atoms with E-state index >= 15 is 0 Å². The zero-order valence-corrected chi connectivity index (χ0v) is 18.7. The van der Waals surface area contributed by atoms with Gasteiger partial charge in [-0.3, -0.25) is 0 Å². The second-order valence-corrected chi connectivity index (χ2v) is 7.76. The molecule has 3 aromatic carbocycles. The number of fused-ring (bicyclic) bond motifs is 1. The molecule has 0 saturated carbocycles. The minimum atomic E-state index is 0.750. The molecule has 0 aromatic heterocycles. The second-order valence-electron chi connectivity index (χ2n) is 7.76. The lowest BCUT2D eigenvalue weighted by Gasteiger charge is -2.18. The van der Waals surface area contributed by atoms with E-state index in [-0.39, 0.29) is 0 Å². The largest absolute Gasteiger partial charge is 0.493 e. The van der Waals surface area contributed by atoms with Crippen LogP contribution in [0.15, 0.2) is 79.4 Å². The van der Waals surface area contributed by atoms with E-state index in [9.17, 15) is 0 Å². The Morgan fingerprint density at radius 2 is 1.68 bits per heavy atom. The smallest absolute Gasteiger partial charge is 0.122 e. The Kier molecular flexibility index (Phi) is 7.61. The highest BCUT2D eigenvalue weighted by molar-refractivity contribution is 5.83. The molecular weight excluding hydrogens is 380 g/mol. The van der Waals surface area contributed by atoms with Gasteiger partial charge < -0.3 is 9.53 Å². The summed E-state index contributed by atoms with van der Waals surface area (Å²) in [5.74, 6) is 1.04. The topological polar surface area (TPSA) is 26.3 Å². The minimum Gasteiger partial charge on any atom is -0.493 e. The molecule has 0 amide bonds. The molecule has 31 heavy (non-hydrogen) atoms. The molecule has 0 radical (unpaired) electrons. The standard InChI is InChI=1S/C27H26O.C2H4O/c1-19-7-4-5-9-26(19)21(3)17-20(2)22-10-12-23(13-11-22)24-14-15-27-25(18-24)8-6-16-28-27;1-2-3/h4-5,7,9-15,17-18H,2,6,8,16H2,1,3H3;2H,1H3/b21-17-;. The summed E-state index contributed by atoms with van der Waals surface area (Å²) in [5.41, 5.74) is 9.77. The Labute approximate surface area is 185 Å². The Balaban J connectivity index is 0.000000858. The lowest BCUT2D eigenvalue weighted by molar-refractivity contribution is -0.106. The van der Waals surface area contributed by atoms with Crippen molar-refractivity contribution in [1.82, 2.24) is 0 Å². The Bertz CT molecular complexity index is 1090. The van der Waals surface area contributed by atoms with E-state index in [2.05, 4.69) is 93.2 Å². The molecule has 2 nitrogen and oxygen atoms in total. The zero-order chi connectivity index (χ0) is 22.2. The van der Waals surface area contributed by atoms with E-state index in [0.29, 0.717) is 0 Å². The van der Waals surface area contributed by atoms with Crippen LogP contribution in [0.1, 0.15) is 42.5 Å². The SMILES string of the molecule is C=C(/C=C(/C)c1ccccc1C)c1ccc(-c2ccc3c(c2)CCCO3)cc1.CC=O. The van der Waals surface area contributed by atoms with E-state index in [1.165, 1.54) is 40.3 Å². The predicted octanol–water partition coefficient (Wildman–Crippen LogP) is 7.31. The molecule has 0 spiro atoms. The monoisotopic (exact) mass is 410 g/mol. The molecule has 0 fully saturated rings. The van der Waals surface area contributed by atoms with Gasteiger partial charge in [0.25, 0.3) is 0 Å². The number of carbonyl (C=O) groups excluding carboxylic acids is 1. The summed E-state index contributed by atoms with van der Waals surface area (Å²) in [5, 5.41) is 0. The van der Waals surface area contributed by atoms with Crippen molar-refractivity contribution in [3.8, 4) is 16.9 Å². The van der Waals surface area contributed by atoms with Crippen molar-refractivity contribution >= 4 is 17.4 Å². The third-order valence-corrected chi connectivity index (χ3v) is 5.46. The number of benzene rings is 3. The van der Waals surface area contributed by atoms with E-state index in [1.807, 2.05) is 0 Å². The molecular formula is C29H30O2. The molecule has 0 N–H and O–H groups in total. The Morgan fingerprint density at radius 3 is 2.39 bits per heavy atom. The molecule has 0 atom stereocenters. The van der Waals surface area contributed by atoms with Gasteiger partial charge in [-0.25, -0.2) is 0 Å². The van der Waals surface area contributed by atoms with Crippen molar-refractivity contribution in [2.24, 2.45) is 0 Å². The maximum atomic E-state index is 8.81. The average molecular weight is 411 g/mol. The van der Waals surface area contributed by atoms with E-state index in [1.54, 1.807) is 0 Å². The van der Waals surface area contributed by atoms with Crippen LogP contribution in [-0.2, 0) is 11.2 Å². The number of hydrogen-bond acceptors (Lipinski definition) is 2. The van der Waals surface area contributed by atoms with Gasteiger partial charge in [-0.2, -0.15) is 0 Å². The zero-order valence-electron chi connectivity index (χ0n) is 18.7. The third-order valence-electron chi connectivity index (χ3n) is 5.46. The predicted molar refractivity (Wildman–Crippen MR) is 131 cm³/mol. The molecule has 1 heterocycles. The average Bonchev–Trinajstić information content (AvgIpc) is 2.79. The van der Waals surface area contributed by atoms with Crippen molar-refractivity contribution in [2.75, 3.05) is 6.61 Å². The van der Waals surface area contributed by atoms with Gasteiger partial charge in [-0.1, -0.05) is 67.3 Å². The van der Waals surface area contributed by atoms with Crippen molar-refractivity contribution < 1.29 is 9.53 Å². The van der Waals surface area contributed by atoms with Crippen molar-refractivity contribution in [3.63, 3.8) is 0 Å². The number of carbonyl (C=O) groups is 1. The maximum Gasteiger partial charge on any atom is 0.122 e. The van der Waals surface area contributed by atoms with Crippen LogP contribution in [0, 0.1) is 6.92 Å². The maximum absolute atomic E-state index is 8.81. The van der Waals surface area contributed by atoms with Crippen LogP contribution in [0.3, 0.4) is 0 Å². The number of hydrogen-bond donors (Lipinski definition) is 0. The highest BCUT2D eigenvalue weighted by Gasteiger charge is 2.11. The summed E-state index contributed by atoms with van der Waals surface area (Å²) in [6, 6.07) is 23.7. The first-order valence-electron chi connectivity index (χ1n) is 10.7. The van der Waals surface area contributed by atoms with Crippen molar-refractivity contribution in [1.29, 1.82) is 0 Å². The Morgan fingerprint density at radius 1 is 1.00 bits per heavy atom. The first-order chi connectivity index (χ1) is 15.0. The number of ether oxygens (including phenoxy) is 1. The van der Waals surface area contributed by atoms with Gasteiger partial charge in [-0.05, 0) is 90.3 Å². The summed E-state index contributed by atoms with van der Waals surface area (Å²) in [6.45, 7) is 10.9. The first-order valence-corrected chi connectivity index (χ1v) is 10.7. The summed E-state index contributed by atoms with van der Waals surface area (Å²) in [4.78, 5) is 8.81. The summed E-state index contributed by atoms with van der Waals surface area (Å²) in [7, 11) is 0. The molecule has 0 aliphatic carbocycles. The first kappa shape index (κ1) is 22.3. The molecule has 3 aromatic rings. The number of allylic oxidation sites excluding steroid dienone is 3. The number of aldehydes is 1. The highest BCUT2D eigenvalue weighted by Crippen LogP contribution is 2.31. The third kappa shape index (κ3) is 5.61. The van der Waals surface area contributed by atoms with Gasteiger partial charge in [0.2, 0.25) is 0 Å². The van der Waals surface area contributed by atoms with Crippen LogP contribution in [-0.4, -0.2) is 12.9 Å². The van der Waals surface area contributed by atoms with Crippen LogP contribution >= 0.6 is 0 Å². The number of aryl methyl sites for hydroxylation is 2. The van der Waals surface area contributed by atoms with Crippen molar-refractivity contribution in [3.05, 3.63) is 102 Å². The van der Waals surface area contributed by atoms with E-state index in [0.717, 1.165) is 42.6 Å². The molecule has 0 bridgehead atoms. The molecule has 0 saturated heterocycles. The fourth-order valence-electron chi connectivity index (χ4n) is 3.85. The summed E-state index contributed by atoms with van der Waals surface area (Å²) >= 11 is 0. The van der Waals surface area contributed by atoms with Gasteiger partial charge in [0.05, 0.1) is 6.61 Å². The molecule has 0 unspecified atom stereocenters. The molecule has 1 aliphatic rings. The van der Waals surface area contributed by atoms with Crippen LogP contribution in [0.4, 0.5) is 0 Å². The molecule has 4 rings (SSSR count). The van der Waals surface area contributed by atoms with Gasteiger partial charge in [0.1, 0.15) is 12.0 Å². The lowest BCUT2D eigenvalue weighted by Crippen LogP contribution is -2.07. The van der Waals surface area contributed by atoms with E-state index in [4.69, 9.17) is 9.53 Å². The fourth-order valence-corrected chi connectivity index (χ4v) is 3.85. The summed E-state index contributed by atoms with van der Waals surface area (Å²) in [6.07, 6.45) is 5.12. The fraction of sp³-hybridized carbons (Fsp3) is 0.207.